The van der Waals surface area contributed by atoms with Crippen molar-refractivity contribution >= 4 is 18.3 Å². The van der Waals surface area contributed by atoms with Gasteiger partial charge in [-0.05, 0) is 30.7 Å². The lowest BCUT2D eigenvalue weighted by molar-refractivity contribution is -0.124. The summed E-state index contributed by atoms with van der Waals surface area (Å²) in [6.07, 6.45) is 3.81. The first-order valence-electron chi connectivity index (χ1n) is 7.66. The molecule has 1 amide bonds. The molecule has 5 heteroatoms. The smallest absolute Gasteiger partial charge is 0.237 e. The van der Waals surface area contributed by atoms with E-state index in [1.54, 1.807) is 0 Å². The van der Waals surface area contributed by atoms with Crippen LogP contribution < -0.4 is 15.8 Å². The van der Waals surface area contributed by atoms with E-state index in [1.165, 1.54) is 6.42 Å². The lowest BCUT2D eigenvalue weighted by atomic mass is 9.87. The lowest BCUT2D eigenvalue weighted by Crippen LogP contribution is -2.48. The van der Waals surface area contributed by atoms with E-state index in [2.05, 4.69) is 5.32 Å². The van der Waals surface area contributed by atoms with Crippen LogP contribution in [0.2, 0.25) is 0 Å². The molecule has 1 fully saturated rings. The number of rotatable bonds is 5. The van der Waals surface area contributed by atoms with Gasteiger partial charge in [-0.2, -0.15) is 0 Å². The molecule has 1 atom stereocenters. The Kier molecular flexibility index (Phi) is 6.69. The Labute approximate surface area is 139 Å². The Balaban J connectivity index is 0.00000242. The molecular weight excluding hydrogens is 300 g/mol. The van der Waals surface area contributed by atoms with E-state index in [4.69, 9.17) is 10.5 Å². The van der Waals surface area contributed by atoms with E-state index in [0.29, 0.717) is 12.6 Å². The van der Waals surface area contributed by atoms with E-state index >= 15 is 0 Å². The molecule has 4 nitrogen and oxygen atoms in total. The quantitative estimate of drug-likeness (QED) is 0.874. The van der Waals surface area contributed by atoms with Crippen LogP contribution in [0.5, 0.6) is 5.75 Å². The van der Waals surface area contributed by atoms with E-state index in [-0.39, 0.29) is 23.7 Å². The van der Waals surface area contributed by atoms with Crippen LogP contribution in [0, 0.1) is 5.41 Å². The van der Waals surface area contributed by atoms with Gasteiger partial charge in [-0.3, -0.25) is 4.79 Å². The molecule has 3 N–H and O–H groups in total. The number of benzene rings is 1. The van der Waals surface area contributed by atoms with E-state index in [9.17, 15) is 4.79 Å². The number of carbonyl (C=O) groups is 1. The number of hydrogen-bond donors (Lipinski definition) is 2. The fraction of sp³-hybridized carbons (Fsp3) is 0.588. The van der Waals surface area contributed by atoms with Crippen molar-refractivity contribution in [3.8, 4) is 5.75 Å². The van der Waals surface area contributed by atoms with Gasteiger partial charge in [-0.1, -0.05) is 39.0 Å². The highest BCUT2D eigenvalue weighted by Gasteiger charge is 2.27. The van der Waals surface area contributed by atoms with Crippen LogP contribution in [0.1, 0.15) is 45.6 Å². The highest BCUT2D eigenvalue weighted by molar-refractivity contribution is 5.85. The summed E-state index contributed by atoms with van der Waals surface area (Å²) in [7, 11) is 0. The number of hydrogen-bond acceptors (Lipinski definition) is 3. The second-order valence-electron chi connectivity index (χ2n) is 6.84. The van der Waals surface area contributed by atoms with Gasteiger partial charge in [-0.15, -0.1) is 12.4 Å². The van der Waals surface area contributed by atoms with E-state index < -0.39 is 6.04 Å². The molecule has 1 aromatic carbocycles. The summed E-state index contributed by atoms with van der Waals surface area (Å²) in [5.74, 6) is 0.743. The molecule has 0 bridgehead atoms. The van der Waals surface area contributed by atoms with Crippen LogP contribution in [0.15, 0.2) is 24.3 Å². The van der Waals surface area contributed by atoms with Crippen LogP contribution in [-0.4, -0.2) is 18.1 Å². The van der Waals surface area contributed by atoms with Crippen LogP contribution >= 0.6 is 12.4 Å². The Morgan fingerprint density at radius 1 is 1.36 bits per heavy atom. The van der Waals surface area contributed by atoms with Crippen molar-refractivity contribution in [3.63, 3.8) is 0 Å². The largest absolute Gasteiger partial charge is 0.490 e. The van der Waals surface area contributed by atoms with Gasteiger partial charge in [0.2, 0.25) is 5.91 Å². The molecule has 1 aliphatic rings. The standard InChI is InChI=1S/C17H26N2O2.ClH/c1-17(2,3)15(18)16(20)19-11-12-7-4-5-10-14(12)21-13-8-6-9-13;/h4-5,7,10,13,15H,6,8-9,11,18H2,1-3H3,(H,19,20);1H/t15-;/m1./s1. The first kappa shape index (κ1) is 18.8. The summed E-state index contributed by atoms with van der Waals surface area (Å²) in [4.78, 5) is 12.1. The summed E-state index contributed by atoms with van der Waals surface area (Å²) in [5.41, 5.74) is 6.72. The molecule has 1 saturated carbocycles. The second-order valence-corrected chi connectivity index (χ2v) is 6.84. The van der Waals surface area contributed by atoms with Crippen molar-refractivity contribution in [1.29, 1.82) is 0 Å². The van der Waals surface area contributed by atoms with Gasteiger partial charge in [-0.25, -0.2) is 0 Å². The summed E-state index contributed by atoms with van der Waals surface area (Å²) in [6, 6.07) is 7.34. The van der Waals surface area contributed by atoms with Gasteiger partial charge in [0.1, 0.15) is 5.75 Å². The summed E-state index contributed by atoms with van der Waals surface area (Å²) in [5, 5.41) is 2.91. The zero-order valence-corrected chi connectivity index (χ0v) is 14.4. The number of nitrogens with two attached hydrogens (primary N) is 1. The van der Waals surface area contributed by atoms with Gasteiger partial charge >= 0.3 is 0 Å². The highest BCUT2D eigenvalue weighted by atomic mass is 35.5. The topological polar surface area (TPSA) is 64.4 Å². The maximum atomic E-state index is 12.1. The molecule has 1 aliphatic carbocycles. The first-order valence-corrected chi connectivity index (χ1v) is 7.66. The van der Waals surface area contributed by atoms with Crippen molar-refractivity contribution in [3.05, 3.63) is 29.8 Å². The number of carbonyl (C=O) groups excluding carboxylic acids is 1. The van der Waals surface area contributed by atoms with Gasteiger partial charge in [0.25, 0.3) is 0 Å². The maximum Gasteiger partial charge on any atom is 0.237 e. The van der Waals surface area contributed by atoms with Gasteiger partial charge in [0, 0.05) is 12.1 Å². The third-order valence-electron chi connectivity index (χ3n) is 3.99. The van der Waals surface area contributed by atoms with Crippen molar-refractivity contribution < 1.29 is 9.53 Å². The van der Waals surface area contributed by atoms with Crippen LogP contribution in [0.3, 0.4) is 0 Å². The van der Waals surface area contributed by atoms with Gasteiger partial charge in [0.15, 0.2) is 0 Å². The molecule has 1 aromatic rings. The Morgan fingerprint density at radius 2 is 2.00 bits per heavy atom. The Hall–Kier alpha value is -1.26. The van der Waals surface area contributed by atoms with Crippen molar-refractivity contribution in [2.45, 2.75) is 58.7 Å². The van der Waals surface area contributed by atoms with Crippen LogP contribution in [-0.2, 0) is 11.3 Å². The molecule has 0 aliphatic heterocycles. The molecule has 0 unspecified atom stereocenters. The zero-order valence-electron chi connectivity index (χ0n) is 13.6. The summed E-state index contributed by atoms with van der Waals surface area (Å²) < 4.78 is 5.96. The van der Waals surface area contributed by atoms with E-state index in [0.717, 1.165) is 24.2 Å². The minimum Gasteiger partial charge on any atom is -0.490 e. The molecule has 124 valence electrons. The van der Waals surface area contributed by atoms with Crippen molar-refractivity contribution in [2.75, 3.05) is 0 Å². The average molecular weight is 327 g/mol. The average Bonchev–Trinajstić information content (AvgIpc) is 2.39. The molecule has 0 radical (unpaired) electrons. The number of para-hydroxylation sites is 1. The Bertz CT molecular complexity index is 496. The molecule has 0 aromatic heterocycles. The molecule has 0 saturated heterocycles. The number of amides is 1. The van der Waals surface area contributed by atoms with E-state index in [1.807, 2.05) is 45.0 Å². The number of ether oxygens (including phenoxy) is 1. The summed E-state index contributed by atoms with van der Waals surface area (Å²) >= 11 is 0. The predicted octanol–water partition coefficient (Wildman–Crippen LogP) is 3.03. The van der Waals surface area contributed by atoms with Crippen molar-refractivity contribution in [1.82, 2.24) is 5.32 Å². The predicted molar refractivity (Wildman–Crippen MR) is 91.2 cm³/mol. The van der Waals surface area contributed by atoms with Gasteiger partial charge in [0.05, 0.1) is 12.1 Å². The molecule has 0 heterocycles. The van der Waals surface area contributed by atoms with Gasteiger partial charge < -0.3 is 15.8 Å². The Morgan fingerprint density at radius 3 is 2.55 bits per heavy atom. The minimum atomic E-state index is -0.516. The second kappa shape index (κ2) is 7.84. The first-order chi connectivity index (χ1) is 9.88. The van der Waals surface area contributed by atoms with Crippen molar-refractivity contribution in [2.24, 2.45) is 11.1 Å². The van der Waals surface area contributed by atoms with Crippen LogP contribution in [0.4, 0.5) is 0 Å². The molecule has 0 spiro atoms. The fourth-order valence-corrected chi connectivity index (χ4v) is 2.12. The molecule has 2 rings (SSSR count). The summed E-state index contributed by atoms with van der Waals surface area (Å²) in [6.45, 7) is 6.34. The number of halogens is 1. The lowest BCUT2D eigenvalue weighted by Gasteiger charge is -2.28. The SMILES string of the molecule is CC(C)(C)[C@H](N)C(=O)NCc1ccccc1OC1CCC1.Cl. The minimum absolute atomic E-state index is 0. The maximum absolute atomic E-state index is 12.1. The normalized spacial score (nSPS) is 16.2. The molecule has 22 heavy (non-hydrogen) atoms. The molecular formula is C17H27ClN2O2. The van der Waals surface area contributed by atoms with Crippen LogP contribution in [0.25, 0.3) is 0 Å². The zero-order chi connectivity index (χ0) is 15.5. The fourth-order valence-electron chi connectivity index (χ4n) is 2.12. The number of nitrogens with one attached hydrogen (secondary N) is 1. The highest BCUT2D eigenvalue weighted by Crippen LogP contribution is 2.27. The third kappa shape index (κ3) is 4.89. The third-order valence-corrected chi connectivity index (χ3v) is 3.99. The monoisotopic (exact) mass is 326 g/mol.